The van der Waals surface area contributed by atoms with E-state index in [1.807, 2.05) is 0 Å². The summed E-state index contributed by atoms with van der Waals surface area (Å²) in [5.41, 5.74) is 0. The lowest BCUT2D eigenvalue weighted by molar-refractivity contribution is -0.00535. The number of aliphatic hydroxyl groups is 1. The summed E-state index contributed by atoms with van der Waals surface area (Å²) in [4.78, 5) is 0. The molecule has 1 aliphatic carbocycles. The Morgan fingerprint density at radius 1 is 1.00 bits per heavy atom. The van der Waals surface area contributed by atoms with Gasteiger partial charge in [-0.3, -0.25) is 0 Å². The summed E-state index contributed by atoms with van der Waals surface area (Å²) in [6.45, 7) is 4.45. The summed E-state index contributed by atoms with van der Waals surface area (Å²) < 4.78 is 5.72. The van der Waals surface area contributed by atoms with E-state index in [2.05, 4.69) is 12.2 Å². The van der Waals surface area contributed by atoms with Gasteiger partial charge in [0.1, 0.15) is 0 Å². The van der Waals surface area contributed by atoms with Gasteiger partial charge >= 0.3 is 0 Å². The molecule has 0 heterocycles. The minimum absolute atomic E-state index is 0.348. The van der Waals surface area contributed by atoms with E-state index in [0.29, 0.717) is 19.3 Å². The van der Waals surface area contributed by atoms with Crippen LogP contribution in [-0.4, -0.2) is 37.0 Å². The largest absolute Gasteiger partial charge is 0.389 e. The van der Waals surface area contributed by atoms with Gasteiger partial charge in [0.2, 0.25) is 0 Å². The zero-order chi connectivity index (χ0) is 15.2. The Balaban J connectivity index is 1.76. The van der Waals surface area contributed by atoms with E-state index in [1.54, 1.807) is 0 Å². The molecule has 1 fully saturated rings. The molecule has 1 unspecified atom stereocenters. The zero-order valence-electron chi connectivity index (χ0n) is 14.1. The second-order valence-corrected chi connectivity index (χ2v) is 6.57. The van der Waals surface area contributed by atoms with Crippen molar-refractivity contribution in [1.29, 1.82) is 0 Å². The van der Waals surface area contributed by atoms with Crippen LogP contribution in [0, 0.1) is 0 Å². The first-order valence-electron chi connectivity index (χ1n) is 9.33. The van der Waals surface area contributed by atoms with Gasteiger partial charge in [0.25, 0.3) is 0 Å². The Bertz CT molecular complexity index is 217. The van der Waals surface area contributed by atoms with Gasteiger partial charge in [-0.2, -0.15) is 0 Å². The molecule has 0 spiro atoms. The van der Waals surface area contributed by atoms with Gasteiger partial charge in [-0.25, -0.2) is 0 Å². The van der Waals surface area contributed by atoms with Crippen molar-refractivity contribution in [2.24, 2.45) is 0 Å². The number of ether oxygens (including phenoxy) is 1. The van der Waals surface area contributed by atoms with E-state index in [-0.39, 0.29) is 6.10 Å². The van der Waals surface area contributed by atoms with Crippen LogP contribution in [0.5, 0.6) is 0 Å². The Kier molecular flexibility index (Phi) is 12.2. The molecule has 3 heteroatoms. The summed E-state index contributed by atoms with van der Waals surface area (Å²) in [6, 6.07) is 0. The number of aliphatic hydroxyl groups excluding tert-OH is 1. The average molecular weight is 299 g/mol. The maximum atomic E-state index is 9.85. The molecule has 1 aliphatic rings. The van der Waals surface area contributed by atoms with Crippen molar-refractivity contribution in [3.63, 3.8) is 0 Å². The average Bonchev–Trinajstić information content (AvgIpc) is 3.00. The van der Waals surface area contributed by atoms with Gasteiger partial charge in [-0.15, -0.1) is 0 Å². The molecule has 0 aromatic heterocycles. The van der Waals surface area contributed by atoms with Crippen LogP contribution >= 0.6 is 0 Å². The summed E-state index contributed by atoms with van der Waals surface area (Å²) in [5, 5.41) is 13.2. The fourth-order valence-electron chi connectivity index (χ4n) is 3.01. The maximum absolute atomic E-state index is 9.85. The van der Waals surface area contributed by atoms with E-state index in [0.717, 1.165) is 6.54 Å². The van der Waals surface area contributed by atoms with Crippen molar-refractivity contribution in [3.8, 4) is 0 Å². The second kappa shape index (κ2) is 13.5. The molecule has 0 aliphatic heterocycles. The monoisotopic (exact) mass is 299 g/mol. The molecule has 0 bridgehead atoms. The molecule has 1 saturated carbocycles. The van der Waals surface area contributed by atoms with Gasteiger partial charge in [0, 0.05) is 6.54 Å². The van der Waals surface area contributed by atoms with Crippen LogP contribution in [-0.2, 0) is 4.74 Å². The standard InChI is InChI=1S/C18H37NO2/c1-2-3-4-5-6-7-8-11-14-19-15-17(20)16-21-18-12-9-10-13-18/h17-20H,2-16H2,1H3. The topological polar surface area (TPSA) is 41.5 Å². The van der Waals surface area contributed by atoms with Crippen molar-refractivity contribution >= 4 is 0 Å². The lowest BCUT2D eigenvalue weighted by atomic mass is 10.1. The van der Waals surface area contributed by atoms with Crippen molar-refractivity contribution in [3.05, 3.63) is 0 Å². The smallest absolute Gasteiger partial charge is 0.0897 e. The van der Waals surface area contributed by atoms with E-state index in [1.165, 1.54) is 77.0 Å². The summed E-state index contributed by atoms with van der Waals surface area (Å²) >= 11 is 0. The minimum atomic E-state index is -0.348. The Hall–Kier alpha value is -0.120. The first kappa shape index (κ1) is 18.9. The highest BCUT2D eigenvalue weighted by Gasteiger charge is 2.16. The van der Waals surface area contributed by atoms with Crippen molar-refractivity contribution in [1.82, 2.24) is 5.32 Å². The Morgan fingerprint density at radius 2 is 1.62 bits per heavy atom. The third kappa shape index (κ3) is 11.1. The Morgan fingerprint density at radius 3 is 2.29 bits per heavy atom. The number of nitrogens with one attached hydrogen (secondary N) is 1. The van der Waals surface area contributed by atoms with E-state index in [4.69, 9.17) is 4.74 Å². The second-order valence-electron chi connectivity index (χ2n) is 6.57. The van der Waals surface area contributed by atoms with Crippen LogP contribution in [0.15, 0.2) is 0 Å². The highest BCUT2D eigenvalue weighted by atomic mass is 16.5. The van der Waals surface area contributed by atoms with Crippen LogP contribution < -0.4 is 5.32 Å². The van der Waals surface area contributed by atoms with Gasteiger partial charge in [-0.05, 0) is 25.8 Å². The van der Waals surface area contributed by atoms with Crippen LogP contribution in [0.4, 0.5) is 0 Å². The quantitative estimate of drug-likeness (QED) is 0.476. The van der Waals surface area contributed by atoms with Gasteiger partial charge in [-0.1, -0.05) is 64.7 Å². The lowest BCUT2D eigenvalue weighted by Crippen LogP contribution is -2.32. The molecule has 0 aromatic carbocycles. The van der Waals surface area contributed by atoms with Crippen LogP contribution in [0.1, 0.15) is 84.0 Å². The first-order valence-corrected chi connectivity index (χ1v) is 9.33. The lowest BCUT2D eigenvalue weighted by Gasteiger charge is -2.16. The first-order chi connectivity index (χ1) is 10.3. The summed E-state index contributed by atoms with van der Waals surface area (Å²) in [6.07, 6.45) is 15.8. The van der Waals surface area contributed by atoms with E-state index < -0.39 is 0 Å². The van der Waals surface area contributed by atoms with Gasteiger partial charge < -0.3 is 15.2 Å². The molecule has 21 heavy (non-hydrogen) atoms. The van der Waals surface area contributed by atoms with Gasteiger partial charge in [0.05, 0.1) is 18.8 Å². The predicted octanol–water partition coefficient (Wildman–Crippen LogP) is 4.04. The molecular formula is C18H37NO2. The molecule has 0 saturated heterocycles. The van der Waals surface area contributed by atoms with Crippen LogP contribution in [0.3, 0.4) is 0 Å². The summed E-state index contributed by atoms with van der Waals surface area (Å²) in [7, 11) is 0. The zero-order valence-corrected chi connectivity index (χ0v) is 14.1. The van der Waals surface area contributed by atoms with Gasteiger partial charge in [0.15, 0.2) is 0 Å². The fourth-order valence-corrected chi connectivity index (χ4v) is 3.01. The third-order valence-corrected chi connectivity index (χ3v) is 4.41. The summed E-state index contributed by atoms with van der Waals surface area (Å²) in [5.74, 6) is 0. The molecule has 2 N–H and O–H groups in total. The number of hydrogen-bond acceptors (Lipinski definition) is 3. The van der Waals surface area contributed by atoms with Crippen molar-refractivity contribution in [2.45, 2.75) is 96.2 Å². The highest BCUT2D eigenvalue weighted by molar-refractivity contribution is 4.68. The molecule has 0 aromatic rings. The normalized spacial score (nSPS) is 17.4. The third-order valence-electron chi connectivity index (χ3n) is 4.41. The van der Waals surface area contributed by atoms with E-state index in [9.17, 15) is 5.11 Å². The fraction of sp³-hybridized carbons (Fsp3) is 1.00. The van der Waals surface area contributed by atoms with Crippen molar-refractivity contribution in [2.75, 3.05) is 19.7 Å². The van der Waals surface area contributed by atoms with Crippen LogP contribution in [0.25, 0.3) is 0 Å². The molecular weight excluding hydrogens is 262 g/mol. The molecule has 3 nitrogen and oxygen atoms in total. The van der Waals surface area contributed by atoms with Crippen molar-refractivity contribution < 1.29 is 9.84 Å². The molecule has 1 rings (SSSR count). The maximum Gasteiger partial charge on any atom is 0.0897 e. The Labute approximate surface area is 131 Å². The molecule has 126 valence electrons. The number of rotatable bonds is 14. The molecule has 1 atom stereocenters. The van der Waals surface area contributed by atoms with Crippen LogP contribution in [0.2, 0.25) is 0 Å². The predicted molar refractivity (Wildman–Crippen MR) is 89.7 cm³/mol. The highest BCUT2D eigenvalue weighted by Crippen LogP contribution is 2.20. The number of hydrogen-bond donors (Lipinski definition) is 2. The molecule has 0 amide bonds. The minimum Gasteiger partial charge on any atom is -0.389 e. The molecule has 0 radical (unpaired) electrons. The SMILES string of the molecule is CCCCCCCCCCNCC(O)COC1CCCC1. The van der Waals surface area contributed by atoms with E-state index >= 15 is 0 Å². The number of unbranched alkanes of at least 4 members (excludes halogenated alkanes) is 7.